The Balaban J connectivity index is 2.00. The summed E-state index contributed by atoms with van der Waals surface area (Å²) < 4.78 is 18.2. The number of rotatable bonds is 4. The zero-order valence-corrected chi connectivity index (χ0v) is 13.3. The third-order valence-corrected chi connectivity index (χ3v) is 5.31. The van der Waals surface area contributed by atoms with Gasteiger partial charge in [-0.2, -0.15) is 0 Å². The smallest absolute Gasteiger partial charge is 0.0821 e. The summed E-state index contributed by atoms with van der Waals surface area (Å²) in [6.45, 7) is 8.86. The zero-order chi connectivity index (χ0) is 14.7. The van der Waals surface area contributed by atoms with Gasteiger partial charge in [0.2, 0.25) is 0 Å². The van der Waals surface area contributed by atoms with Crippen molar-refractivity contribution in [1.82, 2.24) is 4.90 Å². The number of nitrogen functional groups attached to an aromatic ring is 1. The lowest BCUT2D eigenvalue weighted by atomic mass is 10.2. The Labute approximate surface area is 123 Å². The summed E-state index contributed by atoms with van der Waals surface area (Å²) >= 11 is 0. The first-order chi connectivity index (χ1) is 9.47. The molecule has 0 radical (unpaired) electrons. The van der Waals surface area contributed by atoms with E-state index in [-0.39, 0.29) is 6.10 Å². The van der Waals surface area contributed by atoms with E-state index in [4.69, 9.17) is 10.5 Å². The van der Waals surface area contributed by atoms with Gasteiger partial charge in [-0.25, -0.2) is 0 Å². The molecule has 0 saturated carbocycles. The highest BCUT2D eigenvalue weighted by Gasteiger charge is 2.24. The van der Waals surface area contributed by atoms with Crippen molar-refractivity contribution in [2.75, 3.05) is 31.2 Å². The molecule has 1 saturated heterocycles. The topological polar surface area (TPSA) is 55.6 Å². The maximum Gasteiger partial charge on any atom is 0.0821 e. The quantitative estimate of drug-likeness (QED) is 0.861. The Morgan fingerprint density at radius 1 is 1.50 bits per heavy atom. The summed E-state index contributed by atoms with van der Waals surface area (Å²) in [5.41, 5.74) is 7.43. The minimum Gasteiger partial charge on any atom is -0.399 e. The van der Waals surface area contributed by atoms with Gasteiger partial charge in [-0.3, -0.25) is 9.11 Å². The second kappa shape index (κ2) is 6.70. The minimum atomic E-state index is -1.04. The molecule has 1 fully saturated rings. The number of ether oxygens (including phenoxy) is 1. The van der Waals surface area contributed by atoms with E-state index in [1.165, 1.54) is 0 Å². The van der Waals surface area contributed by atoms with Crippen molar-refractivity contribution in [3.8, 4) is 0 Å². The van der Waals surface area contributed by atoms with Crippen LogP contribution in [0.3, 0.4) is 0 Å². The van der Waals surface area contributed by atoms with Gasteiger partial charge in [0.05, 0.1) is 29.3 Å². The van der Waals surface area contributed by atoms with Crippen LogP contribution in [0.1, 0.15) is 19.4 Å². The second-order valence-corrected chi connectivity index (χ2v) is 7.08. The van der Waals surface area contributed by atoms with E-state index in [0.717, 1.165) is 30.2 Å². The van der Waals surface area contributed by atoms with E-state index in [1.54, 1.807) is 0 Å². The molecule has 0 amide bonds. The van der Waals surface area contributed by atoms with Crippen LogP contribution < -0.4 is 5.73 Å². The molecule has 0 spiro atoms. The third kappa shape index (κ3) is 3.81. The van der Waals surface area contributed by atoms with Gasteiger partial charge in [0, 0.05) is 29.7 Å². The molecule has 1 aliphatic rings. The third-order valence-electron chi connectivity index (χ3n) is 3.68. The molecule has 2 rings (SSSR count). The van der Waals surface area contributed by atoms with E-state index in [9.17, 15) is 4.21 Å². The second-order valence-electron chi connectivity index (χ2n) is 5.62. The largest absolute Gasteiger partial charge is 0.399 e. The molecule has 0 bridgehead atoms. The van der Waals surface area contributed by atoms with Crippen LogP contribution in [0.15, 0.2) is 23.1 Å². The van der Waals surface area contributed by atoms with E-state index in [1.807, 2.05) is 25.1 Å². The Morgan fingerprint density at radius 3 is 2.90 bits per heavy atom. The summed E-state index contributed by atoms with van der Waals surface area (Å²) in [7, 11) is -1.04. The molecule has 1 heterocycles. The first-order valence-electron chi connectivity index (χ1n) is 7.07. The molecule has 2 atom stereocenters. The van der Waals surface area contributed by atoms with E-state index >= 15 is 0 Å². The average Bonchev–Trinajstić information content (AvgIpc) is 2.38. The molecular weight excluding hydrogens is 272 g/mol. The molecule has 1 aromatic carbocycles. The number of morpholine rings is 1. The predicted octanol–water partition coefficient (Wildman–Crippen LogP) is 1.79. The van der Waals surface area contributed by atoms with Crippen LogP contribution >= 0.6 is 0 Å². The van der Waals surface area contributed by atoms with Gasteiger partial charge in [0.1, 0.15) is 0 Å². The van der Waals surface area contributed by atoms with Crippen LogP contribution in [0.5, 0.6) is 0 Å². The van der Waals surface area contributed by atoms with Crippen molar-refractivity contribution in [3.63, 3.8) is 0 Å². The van der Waals surface area contributed by atoms with Crippen molar-refractivity contribution >= 4 is 16.5 Å². The molecule has 112 valence electrons. The molecule has 0 aromatic heterocycles. The van der Waals surface area contributed by atoms with Gasteiger partial charge in [-0.05, 0) is 44.5 Å². The molecule has 0 aliphatic carbocycles. The van der Waals surface area contributed by atoms with Gasteiger partial charge in [-0.15, -0.1) is 0 Å². The van der Waals surface area contributed by atoms with Gasteiger partial charge in [0.25, 0.3) is 0 Å². The van der Waals surface area contributed by atoms with Crippen LogP contribution in [0.25, 0.3) is 0 Å². The summed E-state index contributed by atoms with van der Waals surface area (Å²) in [6, 6.07) is 6.05. The molecule has 4 nitrogen and oxygen atoms in total. The molecule has 20 heavy (non-hydrogen) atoms. The van der Waals surface area contributed by atoms with Crippen molar-refractivity contribution in [2.45, 2.75) is 37.8 Å². The first kappa shape index (κ1) is 15.5. The molecule has 2 N–H and O–H groups in total. The summed E-state index contributed by atoms with van der Waals surface area (Å²) in [6.07, 6.45) is 0.0453. The average molecular weight is 296 g/mol. The number of hydrogen-bond donors (Lipinski definition) is 1. The maximum atomic E-state index is 12.5. The lowest BCUT2D eigenvalue weighted by Gasteiger charge is -2.35. The van der Waals surface area contributed by atoms with Crippen molar-refractivity contribution < 1.29 is 8.95 Å². The monoisotopic (exact) mass is 296 g/mol. The van der Waals surface area contributed by atoms with Crippen molar-refractivity contribution in [3.05, 3.63) is 23.8 Å². The number of benzene rings is 1. The fraction of sp³-hybridized carbons (Fsp3) is 0.600. The summed E-state index contributed by atoms with van der Waals surface area (Å²) in [5, 5.41) is 0. The van der Waals surface area contributed by atoms with Crippen LogP contribution in [0.4, 0.5) is 5.69 Å². The van der Waals surface area contributed by atoms with Crippen LogP contribution in [-0.4, -0.2) is 46.7 Å². The predicted molar refractivity (Wildman–Crippen MR) is 83.3 cm³/mol. The minimum absolute atomic E-state index is 0.0453. The fourth-order valence-electron chi connectivity index (χ4n) is 2.50. The number of hydrogen-bond acceptors (Lipinski definition) is 4. The van der Waals surface area contributed by atoms with Crippen LogP contribution in [0, 0.1) is 6.92 Å². The number of anilines is 1. The Bertz CT molecular complexity index is 491. The van der Waals surface area contributed by atoms with Gasteiger partial charge < -0.3 is 10.5 Å². The van der Waals surface area contributed by atoms with E-state index < -0.39 is 10.8 Å². The zero-order valence-electron chi connectivity index (χ0n) is 12.5. The van der Waals surface area contributed by atoms with E-state index in [0.29, 0.717) is 17.5 Å². The lowest BCUT2D eigenvalue weighted by Crippen LogP contribution is -2.47. The Morgan fingerprint density at radius 2 is 2.25 bits per heavy atom. The molecule has 1 aromatic rings. The molecule has 1 aliphatic heterocycles. The summed E-state index contributed by atoms with van der Waals surface area (Å²) in [5.74, 6) is 0.550. The molecule has 2 unspecified atom stereocenters. The Kier molecular flexibility index (Phi) is 5.18. The first-order valence-corrected chi connectivity index (χ1v) is 8.39. The summed E-state index contributed by atoms with van der Waals surface area (Å²) in [4.78, 5) is 3.24. The number of nitrogens with two attached hydrogens (primary N) is 1. The molecular formula is C15H24N2O2S. The fourth-order valence-corrected chi connectivity index (χ4v) is 3.86. The SMILES string of the molecule is Cc1cc(N)ccc1S(=O)CC1CN(C(C)C)CCO1. The van der Waals surface area contributed by atoms with Gasteiger partial charge in [0.15, 0.2) is 0 Å². The van der Waals surface area contributed by atoms with E-state index in [2.05, 4.69) is 18.7 Å². The number of nitrogens with zero attached hydrogens (tertiary/aromatic N) is 1. The Hall–Kier alpha value is -0.910. The highest BCUT2D eigenvalue weighted by atomic mass is 32.2. The maximum absolute atomic E-state index is 12.5. The number of aryl methyl sites for hydroxylation is 1. The highest BCUT2D eigenvalue weighted by Crippen LogP contribution is 2.19. The van der Waals surface area contributed by atoms with Crippen LogP contribution in [0.2, 0.25) is 0 Å². The standard InChI is InChI=1S/C15H24N2O2S/c1-11(2)17-6-7-19-14(9-17)10-20(18)15-5-4-13(16)8-12(15)3/h4-5,8,11,14H,6-7,9-10,16H2,1-3H3. The van der Waals surface area contributed by atoms with Gasteiger partial charge in [-0.1, -0.05) is 0 Å². The highest BCUT2D eigenvalue weighted by molar-refractivity contribution is 7.85. The normalized spacial score (nSPS) is 22.1. The van der Waals surface area contributed by atoms with Gasteiger partial charge >= 0.3 is 0 Å². The van der Waals surface area contributed by atoms with Crippen molar-refractivity contribution in [1.29, 1.82) is 0 Å². The lowest BCUT2D eigenvalue weighted by molar-refractivity contribution is -0.0268. The molecule has 5 heteroatoms. The van der Waals surface area contributed by atoms with Crippen LogP contribution in [-0.2, 0) is 15.5 Å². The van der Waals surface area contributed by atoms with Crippen molar-refractivity contribution in [2.24, 2.45) is 0 Å².